The number of hydrogen-bond donors (Lipinski definition) is 1. The van der Waals surface area contributed by atoms with Crippen LogP contribution in [-0.4, -0.2) is 17.4 Å². The molecule has 0 bridgehead atoms. The molecular weight excluding hydrogens is 228 g/mol. The molecule has 1 aromatic heterocycles. The van der Waals surface area contributed by atoms with Crippen molar-refractivity contribution in [2.75, 3.05) is 11.5 Å². The van der Waals surface area contributed by atoms with Gasteiger partial charge in [0.2, 0.25) is 5.91 Å². The van der Waals surface area contributed by atoms with Crippen LogP contribution in [-0.2, 0) is 4.79 Å². The number of thioether (sulfide) groups is 1. The van der Waals surface area contributed by atoms with Crippen LogP contribution in [0.2, 0.25) is 0 Å². The van der Waals surface area contributed by atoms with Crippen molar-refractivity contribution in [1.82, 2.24) is 5.32 Å². The zero-order valence-electron chi connectivity index (χ0n) is 8.40. The molecule has 0 radical (unpaired) electrons. The van der Waals surface area contributed by atoms with Gasteiger partial charge in [0.25, 0.3) is 0 Å². The van der Waals surface area contributed by atoms with Crippen LogP contribution in [0.25, 0.3) is 0 Å². The molecular formula is C10H12N2OS2. The van der Waals surface area contributed by atoms with Crippen molar-refractivity contribution < 1.29 is 4.79 Å². The lowest BCUT2D eigenvalue weighted by atomic mass is 10.3. The molecule has 0 aliphatic carbocycles. The molecule has 15 heavy (non-hydrogen) atoms. The van der Waals surface area contributed by atoms with Crippen molar-refractivity contribution in [3.63, 3.8) is 0 Å². The van der Waals surface area contributed by atoms with Gasteiger partial charge in [-0.05, 0) is 18.4 Å². The first kappa shape index (κ1) is 12.1. The molecule has 0 fully saturated rings. The summed E-state index contributed by atoms with van der Waals surface area (Å²) in [7, 11) is 0. The van der Waals surface area contributed by atoms with Crippen LogP contribution in [0.3, 0.4) is 0 Å². The predicted molar refractivity (Wildman–Crippen MR) is 63.8 cm³/mol. The second-order valence-electron chi connectivity index (χ2n) is 2.96. The third-order valence-corrected chi connectivity index (χ3v) is 3.60. The summed E-state index contributed by atoms with van der Waals surface area (Å²) in [6.45, 7) is 1.96. The maximum Gasteiger partial charge on any atom is 0.230 e. The van der Waals surface area contributed by atoms with E-state index >= 15 is 0 Å². The van der Waals surface area contributed by atoms with Gasteiger partial charge in [0, 0.05) is 4.88 Å². The van der Waals surface area contributed by atoms with E-state index in [0.29, 0.717) is 11.5 Å². The maximum absolute atomic E-state index is 11.4. The Morgan fingerprint density at radius 2 is 2.60 bits per heavy atom. The van der Waals surface area contributed by atoms with E-state index < -0.39 is 0 Å². The fraction of sp³-hybridized carbons (Fsp3) is 0.400. The fourth-order valence-corrected chi connectivity index (χ4v) is 2.28. The molecule has 0 aliphatic rings. The van der Waals surface area contributed by atoms with Gasteiger partial charge < -0.3 is 5.32 Å². The lowest BCUT2D eigenvalue weighted by Crippen LogP contribution is -2.27. The molecule has 1 heterocycles. The number of nitriles is 1. The van der Waals surface area contributed by atoms with Crippen molar-refractivity contribution >= 4 is 29.0 Å². The van der Waals surface area contributed by atoms with E-state index in [1.165, 1.54) is 11.8 Å². The highest BCUT2D eigenvalue weighted by Crippen LogP contribution is 2.18. The van der Waals surface area contributed by atoms with Crippen molar-refractivity contribution in [2.24, 2.45) is 0 Å². The van der Waals surface area contributed by atoms with Crippen LogP contribution in [0, 0.1) is 11.3 Å². The van der Waals surface area contributed by atoms with Crippen molar-refractivity contribution in [3.05, 3.63) is 22.4 Å². The molecule has 0 unspecified atom stereocenters. The van der Waals surface area contributed by atoms with Crippen molar-refractivity contribution in [2.45, 2.75) is 13.0 Å². The molecule has 5 heteroatoms. The number of carbonyl (C=O) groups is 1. The highest BCUT2D eigenvalue weighted by atomic mass is 32.2. The standard InChI is InChI=1S/C10H12N2OS2/c1-8(9-3-2-5-15-9)12-10(13)7-14-6-4-11/h2-3,5,8H,6-7H2,1H3,(H,12,13)/t8-/m1/s1. The molecule has 0 aliphatic heterocycles. The first-order valence-corrected chi connectivity index (χ1v) is 6.55. The normalized spacial score (nSPS) is 11.7. The van der Waals surface area contributed by atoms with Crippen LogP contribution >= 0.6 is 23.1 Å². The number of rotatable bonds is 5. The van der Waals surface area contributed by atoms with Crippen LogP contribution in [0.5, 0.6) is 0 Å². The first-order chi connectivity index (χ1) is 7.24. The largest absolute Gasteiger partial charge is 0.348 e. The Morgan fingerprint density at radius 3 is 3.20 bits per heavy atom. The summed E-state index contributed by atoms with van der Waals surface area (Å²) in [6, 6.07) is 6.01. The Hall–Kier alpha value is -0.990. The summed E-state index contributed by atoms with van der Waals surface area (Å²) in [6.07, 6.45) is 0. The molecule has 1 N–H and O–H groups in total. The van der Waals surface area contributed by atoms with Gasteiger partial charge in [0.15, 0.2) is 0 Å². The van der Waals surface area contributed by atoms with E-state index in [9.17, 15) is 4.79 Å². The van der Waals surface area contributed by atoms with E-state index in [2.05, 4.69) is 5.32 Å². The van der Waals surface area contributed by atoms with Crippen LogP contribution in [0.1, 0.15) is 17.8 Å². The quantitative estimate of drug-likeness (QED) is 0.803. The number of carbonyl (C=O) groups excluding carboxylic acids is 1. The van der Waals surface area contributed by atoms with E-state index in [1.54, 1.807) is 11.3 Å². The molecule has 0 saturated carbocycles. The minimum atomic E-state index is -0.0175. The lowest BCUT2D eigenvalue weighted by Gasteiger charge is -2.11. The van der Waals surface area contributed by atoms with Gasteiger partial charge in [0.1, 0.15) is 0 Å². The lowest BCUT2D eigenvalue weighted by molar-refractivity contribution is -0.119. The van der Waals surface area contributed by atoms with Gasteiger partial charge >= 0.3 is 0 Å². The molecule has 1 atom stereocenters. The molecule has 80 valence electrons. The molecule has 1 amide bonds. The SMILES string of the molecule is C[C@@H](NC(=O)CSCC#N)c1cccs1. The van der Waals surface area contributed by atoms with Crippen LogP contribution < -0.4 is 5.32 Å². The summed E-state index contributed by atoms with van der Waals surface area (Å²) in [5.41, 5.74) is 0. The molecule has 3 nitrogen and oxygen atoms in total. The Labute approximate surface area is 97.5 Å². The predicted octanol–water partition coefficient (Wildman–Crippen LogP) is 2.18. The molecule has 0 spiro atoms. The van der Waals surface area contributed by atoms with Gasteiger partial charge in [-0.1, -0.05) is 6.07 Å². The smallest absolute Gasteiger partial charge is 0.230 e. The van der Waals surface area contributed by atoms with Gasteiger partial charge in [-0.2, -0.15) is 5.26 Å². The molecule has 1 aromatic rings. The minimum absolute atomic E-state index is 0.0175. The molecule has 1 rings (SSSR count). The highest BCUT2D eigenvalue weighted by molar-refractivity contribution is 8.00. The fourth-order valence-electron chi connectivity index (χ4n) is 1.08. The summed E-state index contributed by atoms with van der Waals surface area (Å²) in [5.74, 6) is 0.695. The average Bonchev–Trinajstić information content (AvgIpc) is 2.70. The second-order valence-corrected chi connectivity index (χ2v) is 4.92. The summed E-state index contributed by atoms with van der Waals surface area (Å²) in [5, 5.41) is 13.2. The van der Waals surface area contributed by atoms with E-state index in [0.717, 1.165) is 4.88 Å². The van der Waals surface area contributed by atoms with E-state index in [1.807, 2.05) is 30.5 Å². The number of nitrogens with zero attached hydrogens (tertiary/aromatic N) is 1. The van der Waals surface area contributed by atoms with Gasteiger partial charge in [-0.25, -0.2) is 0 Å². The molecule has 0 aromatic carbocycles. The van der Waals surface area contributed by atoms with Crippen LogP contribution in [0.4, 0.5) is 0 Å². The summed E-state index contributed by atoms with van der Waals surface area (Å²) in [4.78, 5) is 12.5. The number of thiophene rings is 1. The molecule has 0 saturated heterocycles. The second kappa shape index (κ2) is 6.49. The maximum atomic E-state index is 11.4. The summed E-state index contributed by atoms with van der Waals surface area (Å²) >= 11 is 2.96. The Kier molecular flexibility index (Phi) is 5.22. The van der Waals surface area contributed by atoms with Gasteiger partial charge in [0.05, 0.1) is 23.6 Å². The number of nitrogens with one attached hydrogen (secondary N) is 1. The zero-order valence-corrected chi connectivity index (χ0v) is 10.0. The van der Waals surface area contributed by atoms with Gasteiger partial charge in [-0.15, -0.1) is 23.1 Å². The van der Waals surface area contributed by atoms with Gasteiger partial charge in [-0.3, -0.25) is 4.79 Å². The Morgan fingerprint density at radius 1 is 1.80 bits per heavy atom. The van der Waals surface area contributed by atoms with Crippen molar-refractivity contribution in [1.29, 1.82) is 5.26 Å². The number of amides is 1. The third kappa shape index (κ3) is 4.36. The Bertz CT molecular complexity index is 343. The third-order valence-electron chi connectivity index (χ3n) is 1.75. The Balaban J connectivity index is 2.29. The van der Waals surface area contributed by atoms with E-state index in [4.69, 9.17) is 5.26 Å². The van der Waals surface area contributed by atoms with Crippen molar-refractivity contribution in [3.8, 4) is 6.07 Å². The van der Waals surface area contributed by atoms with E-state index in [-0.39, 0.29) is 11.9 Å². The monoisotopic (exact) mass is 240 g/mol. The first-order valence-electron chi connectivity index (χ1n) is 4.51. The number of hydrogen-bond acceptors (Lipinski definition) is 4. The highest BCUT2D eigenvalue weighted by Gasteiger charge is 2.09. The zero-order chi connectivity index (χ0) is 11.1. The summed E-state index contributed by atoms with van der Waals surface area (Å²) < 4.78 is 0. The topological polar surface area (TPSA) is 52.9 Å². The van der Waals surface area contributed by atoms with Crippen LogP contribution in [0.15, 0.2) is 17.5 Å². The minimum Gasteiger partial charge on any atom is -0.348 e. The average molecular weight is 240 g/mol.